The van der Waals surface area contributed by atoms with Crippen molar-refractivity contribution in [2.75, 3.05) is 14.2 Å². The van der Waals surface area contributed by atoms with Crippen molar-refractivity contribution in [3.05, 3.63) is 12.0 Å². The van der Waals surface area contributed by atoms with Crippen LogP contribution in [0.15, 0.2) is 17.0 Å². The summed E-state index contributed by atoms with van der Waals surface area (Å²) in [6.45, 7) is 0. The van der Waals surface area contributed by atoms with Gasteiger partial charge in [-0.25, -0.2) is 4.99 Å². The van der Waals surface area contributed by atoms with Gasteiger partial charge in [0.15, 0.2) is 6.23 Å². The van der Waals surface area contributed by atoms with Crippen LogP contribution < -0.4 is 0 Å². The predicted octanol–water partition coefficient (Wildman–Crippen LogP) is -0.0530. The first-order valence-electron chi connectivity index (χ1n) is 3.37. The van der Waals surface area contributed by atoms with Crippen LogP contribution in [0.4, 0.5) is 0 Å². The number of ether oxygens (including phenoxy) is 2. The Labute approximate surface area is 70.3 Å². The summed E-state index contributed by atoms with van der Waals surface area (Å²) >= 11 is 0. The van der Waals surface area contributed by atoms with E-state index in [1.807, 2.05) is 0 Å². The molecule has 0 aromatic rings. The summed E-state index contributed by atoms with van der Waals surface area (Å²) in [5, 5.41) is 0. The number of amides is 1. The van der Waals surface area contributed by atoms with Crippen LogP contribution >= 0.6 is 0 Å². The lowest BCUT2D eigenvalue weighted by Gasteiger charge is -2.23. The first-order chi connectivity index (χ1) is 5.81. The molecule has 0 saturated heterocycles. The van der Waals surface area contributed by atoms with Gasteiger partial charge in [-0.3, -0.25) is 9.69 Å². The van der Waals surface area contributed by atoms with Gasteiger partial charge in [0.05, 0.1) is 7.11 Å². The van der Waals surface area contributed by atoms with Crippen molar-refractivity contribution in [1.82, 2.24) is 4.90 Å². The fourth-order valence-electron chi connectivity index (χ4n) is 0.838. The van der Waals surface area contributed by atoms with Crippen LogP contribution in [-0.4, -0.2) is 38.1 Å². The first kappa shape index (κ1) is 8.73. The third-order valence-electron chi connectivity index (χ3n) is 1.47. The van der Waals surface area contributed by atoms with E-state index in [1.54, 1.807) is 6.08 Å². The zero-order valence-electron chi connectivity index (χ0n) is 6.93. The zero-order chi connectivity index (χ0) is 8.97. The Morgan fingerprint density at radius 3 is 2.92 bits per heavy atom. The molecule has 1 heterocycles. The number of carbonyl (C=O) groups is 1. The third-order valence-corrected chi connectivity index (χ3v) is 1.47. The second-order valence-electron chi connectivity index (χ2n) is 2.13. The van der Waals surface area contributed by atoms with Crippen LogP contribution in [0.3, 0.4) is 0 Å². The van der Waals surface area contributed by atoms with Crippen molar-refractivity contribution < 1.29 is 14.3 Å². The molecule has 12 heavy (non-hydrogen) atoms. The van der Waals surface area contributed by atoms with E-state index in [1.165, 1.54) is 25.5 Å². The molecule has 1 rings (SSSR count). The van der Waals surface area contributed by atoms with Gasteiger partial charge >= 0.3 is 0 Å². The fraction of sp³-hybridized carbons (Fsp3) is 0.429. The Balaban J connectivity index is 2.73. The van der Waals surface area contributed by atoms with Gasteiger partial charge in [-0.05, 0) is 0 Å². The molecule has 0 N–H and O–H groups in total. The largest absolute Gasteiger partial charge is 0.481 e. The number of hydrogen-bond donors (Lipinski definition) is 0. The van der Waals surface area contributed by atoms with Gasteiger partial charge in [0.1, 0.15) is 6.34 Å². The van der Waals surface area contributed by atoms with Crippen molar-refractivity contribution >= 4 is 12.7 Å². The van der Waals surface area contributed by atoms with Gasteiger partial charge in [-0.15, -0.1) is 0 Å². The van der Waals surface area contributed by atoms with Crippen LogP contribution in [0, 0.1) is 0 Å². The summed E-state index contributed by atoms with van der Waals surface area (Å²) in [6, 6.07) is 0. The molecule has 0 aliphatic carbocycles. The minimum Gasteiger partial charge on any atom is -0.481 e. The summed E-state index contributed by atoms with van der Waals surface area (Å²) in [4.78, 5) is 15.5. The molecular weight excluding hydrogens is 160 g/mol. The molecule has 1 atom stereocenters. The fourth-order valence-corrected chi connectivity index (χ4v) is 0.838. The van der Waals surface area contributed by atoms with E-state index in [9.17, 15) is 4.79 Å². The maximum absolute atomic E-state index is 10.4. The van der Waals surface area contributed by atoms with E-state index in [-0.39, 0.29) is 0 Å². The summed E-state index contributed by atoms with van der Waals surface area (Å²) in [5.74, 6) is 0.444. The van der Waals surface area contributed by atoms with Crippen LogP contribution in [0.5, 0.6) is 0 Å². The molecule has 1 aliphatic heterocycles. The minimum atomic E-state index is -0.421. The van der Waals surface area contributed by atoms with Gasteiger partial charge in [0.2, 0.25) is 12.3 Å². The summed E-state index contributed by atoms with van der Waals surface area (Å²) in [5.41, 5.74) is 0. The quantitative estimate of drug-likeness (QED) is 0.558. The SMILES string of the molecule is COC1=C[C@H](OC)N(C=O)C=N1. The Morgan fingerprint density at radius 2 is 2.42 bits per heavy atom. The third kappa shape index (κ3) is 1.62. The summed E-state index contributed by atoms with van der Waals surface area (Å²) in [6.07, 6.45) is 3.18. The number of hydrogen-bond acceptors (Lipinski definition) is 4. The molecule has 0 unspecified atom stereocenters. The molecule has 0 fully saturated rings. The summed E-state index contributed by atoms with van der Waals surface area (Å²) in [7, 11) is 3.01. The van der Waals surface area contributed by atoms with Gasteiger partial charge in [-0.1, -0.05) is 0 Å². The Kier molecular flexibility index (Phi) is 2.82. The number of carbonyl (C=O) groups excluding carboxylic acids is 1. The van der Waals surface area contributed by atoms with Crippen molar-refractivity contribution in [2.24, 2.45) is 4.99 Å². The zero-order valence-corrected chi connectivity index (χ0v) is 6.93. The lowest BCUT2D eigenvalue weighted by atomic mass is 10.4. The molecule has 0 spiro atoms. The van der Waals surface area contributed by atoms with Gasteiger partial charge in [0.25, 0.3) is 0 Å². The number of methoxy groups -OCH3 is 2. The molecule has 0 aromatic heterocycles. The van der Waals surface area contributed by atoms with Gasteiger partial charge in [-0.2, -0.15) is 0 Å². The molecule has 0 bridgehead atoms. The topological polar surface area (TPSA) is 51.1 Å². The molecule has 0 saturated carbocycles. The number of nitrogens with zero attached hydrogens (tertiary/aromatic N) is 2. The molecule has 5 heteroatoms. The lowest BCUT2D eigenvalue weighted by molar-refractivity contribution is -0.120. The average Bonchev–Trinajstić information content (AvgIpc) is 2.16. The Morgan fingerprint density at radius 1 is 1.67 bits per heavy atom. The first-order valence-corrected chi connectivity index (χ1v) is 3.37. The molecule has 1 aliphatic rings. The molecule has 66 valence electrons. The van der Waals surface area contributed by atoms with E-state index in [0.29, 0.717) is 12.3 Å². The van der Waals surface area contributed by atoms with Crippen LogP contribution in [-0.2, 0) is 14.3 Å². The van der Waals surface area contributed by atoms with Gasteiger partial charge in [0, 0.05) is 13.2 Å². The summed E-state index contributed by atoms with van der Waals surface area (Å²) < 4.78 is 9.83. The second kappa shape index (κ2) is 3.87. The maximum atomic E-state index is 10.4. The predicted molar refractivity (Wildman–Crippen MR) is 42.3 cm³/mol. The Bertz CT molecular complexity index is 225. The highest BCUT2D eigenvalue weighted by Gasteiger charge is 2.16. The van der Waals surface area contributed by atoms with E-state index >= 15 is 0 Å². The molecule has 0 radical (unpaired) electrons. The van der Waals surface area contributed by atoms with E-state index in [4.69, 9.17) is 9.47 Å². The van der Waals surface area contributed by atoms with E-state index < -0.39 is 6.23 Å². The molecule has 5 nitrogen and oxygen atoms in total. The Hall–Kier alpha value is -1.36. The standard InChI is InChI=1S/C7H10N2O3/c1-11-6-3-7(12-2)9(5-10)4-8-6/h3-5,7H,1-2H3/t7-/m0/s1. The average molecular weight is 170 g/mol. The van der Waals surface area contributed by atoms with Crippen molar-refractivity contribution in [3.63, 3.8) is 0 Å². The monoisotopic (exact) mass is 170 g/mol. The van der Waals surface area contributed by atoms with Crippen molar-refractivity contribution in [2.45, 2.75) is 6.23 Å². The molecule has 0 aromatic carbocycles. The van der Waals surface area contributed by atoms with Crippen LogP contribution in [0.2, 0.25) is 0 Å². The van der Waals surface area contributed by atoms with E-state index in [0.717, 1.165) is 0 Å². The van der Waals surface area contributed by atoms with E-state index in [2.05, 4.69) is 4.99 Å². The normalized spacial score (nSPS) is 22.0. The molecule has 1 amide bonds. The van der Waals surface area contributed by atoms with Gasteiger partial charge < -0.3 is 9.47 Å². The lowest BCUT2D eigenvalue weighted by Crippen LogP contribution is -2.35. The maximum Gasteiger partial charge on any atom is 0.217 e. The smallest absolute Gasteiger partial charge is 0.217 e. The highest BCUT2D eigenvalue weighted by molar-refractivity contribution is 5.74. The second-order valence-corrected chi connectivity index (χ2v) is 2.13. The highest BCUT2D eigenvalue weighted by Crippen LogP contribution is 2.09. The molecular formula is C7H10N2O3. The van der Waals surface area contributed by atoms with Crippen molar-refractivity contribution in [3.8, 4) is 0 Å². The number of rotatable bonds is 3. The number of aliphatic imine (C=N–C) groups is 1. The van der Waals surface area contributed by atoms with Crippen molar-refractivity contribution in [1.29, 1.82) is 0 Å². The van der Waals surface area contributed by atoms with Crippen LogP contribution in [0.1, 0.15) is 0 Å². The minimum absolute atomic E-state index is 0.421. The highest BCUT2D eigenvalue weighted by atomic mass is 16.5. The van der Waals surface area contributed by atoms with Crippen LogP contribution in [0.25, 0.3) is 0 Å².